The van der Waals surface area contributed by atoms with Crippen molar-refractivity contribution in [2.75, 3.05) is 118 Å². The van der Waals surface area contributed by atoms with Crippen molar-refractivity contribution in [1.29, 1.82) is 0 Å². The van der Waals surface area contributed by atoms with E-state index >= 15 is 0 Å². The Balaban J connectivity index is 0.000000241. The fraction of sp³-hybridized carbons (Fsp3) is 0.918. The van der Waals surface area contributed by atoms with Crippen LogP contribution in [0.5, 0.6) is 0 Å². The Hall–Kier alpha value is -3.94. The van der Waals surface area contributed by atoms with Gasteiger partial charge in [0.25, 0.3) is 51.0 Å². The van der Waals surface area contributed by atoms with Gasteiger partial charge < -0.3 is 152 Å². The van der Waals surface area contributed by atoms with Gasteiger partial charge in [-0.05, 0) is 83.0 Å². The van der Waals surface area contributed by atoms with Gasteiger partial charge in [0, 0.05) is 144 Å². The lowest BCUT2D eigenvalue weighted by atomic mass is 9.78. The molecule has 1 aliphatic carbocycles. The van der Waals surface area contributed by atoms with Crippen molar-refractivity contribution in [3.8, 4) is 0 Å². The summed E-state index contributed by atoms with van der Waals surface area (Å²) in [5.74, 6) is -9.61. The maximum Gasteiger partial charge on any atom is 0.451 e. The summed E-state index contributed by atoms with van der Waals surface area (Å²) in [7, 11) is -27.2. The minimum absolute atomic E-state index is 0.0262. The fourth-order valence-corrected chi connectivity index (χ4v) is 23.8. The van der Waals surface area contributed by atoms with Crippen molar-refractivity contribution in [2.24, 2.45) is 86.9 Å². The van der Waals surface area contributed by atoms with E-state index in [1.165, 1.54) is 0 Å². The van der Waals surface area contributed by atoms with Gasteiger partial charge in [-0.2, -0.15) is 87.2 Å². The smallest absolute Gasteiger partial charge is 0.451 e. The molecule has 0 amide bonds. The number of hydrogen-bond acceptors (Lipinski definition) is 39. The Labute approximate surface area is 727 Å². The van der Waals surface area contributed by atoms with Crippen LogP contribution in [0.1, 0.15) is 83.5 Å². The number of nitrogens with one attached hydrogen (secondary N) is 5. The second-order valence-corrected chi connectivity index (χ2v) is 42.3. The van der Waals surface area contributed by atoms with E-state index in [9.17, 15) is 91.6 Å². The molecule has 64 heteroatoms. The van der Waals surface area contributed by atoms with E-state index in [-0.39, 0.29) is 187 Å². The summed E-state index contributed by atoms with van der Waals surface area (Å²) in [5.41, 5.74) is 50.2. The third-order valence-corrected chi connectivity index (χ3v) is 32.1. The SMILES string of the molecule is NC1COCCC1NS(=O)(=O)N1C[C@H](CCCB(O)O)[C@](N)(C(=O)O)C1.N[C@@H]1CC[C@H]1NS(=O)(=O)N1C[C@H](CCCB(O)O)[C@](N)(C(=O)O)C1.N[C@@H]1COC[C@@H]1NS(=O)(=O)N1C[C@H](CCCB(O)O)[C@](N)(C(=O)O)C1.N[C@@H]1COC[C@H]1NS(=O)(=O)N1C[C@H](CCCB(O)O)[C@](N)(C(=O)O)C1.N[C@H]1COC[C@@H]1NS(=O)(=O)N1C[C@H](CCCB(O)O)[C@](N)(C(=O)O)C1. The molecule has 0 spiro atoms. The topological polar surface area (TPSA) is 933 Å². The molecule has 10 rings (SSSR count). The molecule has 10 aliphatic rings. The zero-order valence-corrected chi connectivity index (χ0v) is 73.1. The van der Waals surface area contributed by atoms with Gasteiger partial charge in [-0.1, -0.05) is 32.1 Å². The Kier molecular flexibility index (Phi) is 41.0. The van der Waals surface area contributed by atoms with Gasteiger partial charge in [-0.15, -0.1) is 0 Å². The van der Waals surface area contributed by atoms with Crippen molar-refractivity contribution in [3.05, 3.63) is 0 Å². The first-order chi connectivity index (χ1) is 57.8. The number of aliphatic carboxylic acids is 5. The molecule has 10 fully saturated rings. The van der Waals surface area contributed by atoms with Gasteiger partial charge in [0.15, 0.2) is 0 Å². The molecule has 20 atom stereocenters. The van der Waals surface area contributed by atoms with Crippen LogP contribution in [0.2, 0.25) is 31.6 Å². The Bertz CT molecular complexity index is 3900. The number of rotatable bonds is 40. The number of carboxylic acid groups (broad SMARTS) is 5. The monoisotopic (exact) mass is 1900 g/mol. The zero-order valence-electron chi connectivity index (χ0n) is 69.0. The third-order valence-electron chi connectivity index (χ3n) is 24.3. The summed E-state index contributed by atoms with van der Waals surface area (Å²) in [4.78, 5) is 58.0. The van der Waals surface area contributed by atoms with Gasteiger partial charge in [-0.3, -0.25) is 24.0 Å². The van der Waals surface area contributed by atoms with Crippen LogP contribution in [0.15, 0.2) is 0 Å². The summed E-state index contributed by atoms with van der Waals surface area (Å²) in [6.07, 6.45) is 5.10. The predicted octanol–water partition coefficient (Wildman–Crippen LogP) is -16.3. The number of nitrogens with zero attached hydrogens (tertiary/aromatic N) is 5. The van der Waals surface area contributed by atoms with Crippen molar-refractivity contribution in [2.45, 2.75) is 203 Å². The van der Waals surface area contributed by atoms with Gasteiger partial charge >= 0.3 is 65.4 Å². The third kappa shape index (κ3) is 30.0. The molecule has 9 heterocycles. The minimum Gasteiger partial charge on any atom is -0.480 e. The lowest BCUT2D eigenvalue weighted by molar-refractivity contribution is -0.145. The van der Waals surface area contributed by atoms with E-state index in [0.717, 1.165) is 27.9 Å². The lowest BCUT2D eigenvalue weighted by Crippen LogP contribution is -2.58. The molecule has 9 saturated heterocycles. The maximum absolute atomic E-state index is 12.7. The predicted molar refractivity (Wildman–Crippen MR) is 445 cm³/mol. The Morgan fingerprint density at radius 2 is 0.488 bits per heavy atom. The first-order valence-corrected chi connectivity index (χ1v) is 47.9. The number of ether oxygens (including phenoxy) is 4. The molecule has 0 bridgehead atoms. The van der Waals surface area contributed by atoms with E-state index in [1.807, 2.05) is 0 Å². The molecule has 0 aromatic carbocycles. The molecule has 40 N–H and O–H groups in total. The number of nitrogens with two attached hydrogens (primary N) is 10. The summed E-state index contributed by atoms with van der Waals surface area (Å²) in [6.45, 7) is -0.248. The van der Waals surface area contributed by atoms with E-state index in [2.05, 4.69) is 23.6 Å². The largest absolute Gasteiger partial charge is 0.480 e. The van der Waals surface area contributed by atoms with Crippen molar-refractivity contribution < 1.29 is 161 Å². The zero-order chi connectivity index (χ0) is 94.1. The average Bonchev–Trinajstić information content (AvgIpc) is 1.65. The molecule has 125 heavy (non-hydrogen) atoms. The highest BCUT2D eigenvalue weighted by Gasteiger charge is 2.58. The second kappa shape index (κ2) is 46.6. The van der Waals surface area contributed by atoms with Crippen LogP contribution in [0, 0.1) is 29.6 Å². The normalized spacial score (nSPS) is 33.7. The quantitative estimate of drug-likeness (QED) is 0.0253. The van der Waals surface area contributed by atoms with Crippen LogP contribution in [0.3, 0.4) is 0 Å². The molecule has 9 aliphatic heterocycles. The molecule has 0 aromatic rings. The van der Waals surface area contributed by atoms with E-state index in [4.69, 9.17) is 127 Å². The lowest BCUT2D eigenvalue weighted by Gasteiger charge is -2.35. The summed E-state index contributed by atoms with van der Waals surface area (Å²) in [6, 6.07) is -4.69. The standard InChI is InChI=1S/C13H27BN4O7S.3C12H25BN4O7S.C12H25BN4O6S/c15-10-7-25-5-3-11(10)17-26(23,24)18-6-9(2-1-4-14(21)22)13(16,8-18)12(19)20;3*14-9-5-24-6-10(9)16-25(22,23)17-4-8(2-1-3-13(20)21)12(15,7-17)11(18)19;14-9-3-4-10(9)16-24(22,23)17-6-8(2-1-5-13(20)21)12(15,7-17)11(18)19/h9-11,17,21-22H,1-8,15-16H2,(H,19,20);3*8-10,16,20-21H,1-7,14-15H2,(H,18,19);8-10,16,20-21H,1-7,14-15H2,(H,18,19)/t9-,10?,11?,13-;8-,9+,10+,12-;8-,9+,10-,12-;8-,9-,10-,12-;8-,9+,10+,12-/m00000/s1. The maximum atomic E-state index is 12.7. The molecule has 0 aromatic heterocycles. The van der Waals surface area contributed by atoms with Crippen LogP contribution in [-0.2, 0) is 94.0 Å². The highest BCUT2D eigenvalue weighted by molar-refractivity contribution is 7.88. The highest BCUT2D eigenvalue weighted by atomic mass is 32.2. The van der Waals surface area contributed by atoms with Crippen molar-refractivity contribution in [1.82, 2.24) is 45.1 Å². The first kappa shape index (κ1) is 110. The highest BCUT2D eigenvalue weighted by Crippen LogP contribution is 2.38. The summed E-state index contributed by atoms with van der Waals surface area (Å²) in [5, 5.41) is 136. The second-order valence-electron chi connectivity index (χ2n) is 33.8. The number of hydrogen-bond donors (Lipinski definition) is 30. The van der Waals surface area contributed by atoms with E-state index < -0.39 is 222 Å². The average molecular weight is 1900 g/mol. The van der Waals surface area contributed by atoms with Crippen LogP contribution in [0.25, 0.3) is 0 Å². The molecule has 2 unspecified atom stereocenters. The molecular weight excluding hydrogens is 1770 g/mol. The molecule has 54 nitrogen and oxygen atoms in total. The van der Waals surface area contributed by atoms with E-state index in [1.54, 1.807) is 0 Å². The molecule has 720 valence electrons. The van der Waals surface area contributed by atoms with Crippen LogP contribution < -0.4 is 80.9 Å². The van der Waals surface area contributed by atoms with Crippen LogP contribution in [-0.4, -0.2) is 411 Å². The molecular formula is C61H127B5N20O34S5. The Morgan fingerprint density at radius 1 is 0.296 bits per heavy atom. The fourth-order valence-electron chi connectivity index (χ4n) is 16.1. The molecule has 0 radical (unpaired) electrons. The van der Waals surface area contributed by atoms with Crippen LogP contribution >= 0.6 is 0 Å². The summed E-state index contributed by atoms with van der Waals surface area (Å²) >= 11 is 0. The van der Waals surface area contributed by atoms with Crippen molar-refractivity contribution >= 4 is 116 Å². The number of carbonyl (C=O) groups is 5. The van der Waals surface area contributed by atoms with Crippen LogP contribution in [0.4, 0.5) is 0 Å². The van der Waals surface area contributed by atoms with Gasteiger partial charge in [0.1, 0.15) is 27.7 Å². The molecule has 1 saturated carbocycles. The summed E-state index contributed by atoms with van der Waals surface area (Å²) < 4.78 is 164. The minimum atomic E-state index is -3.97. The Morgan fingerprint density at radius 3 is 0.648 bits per heavy atom. The van der Waals surface area contributed by atoms with Crippen molar-refractivity contribution in [3.63, 3.8) is 0 Å². The van der Waals surface area contributed by atoms with Gasteiger partial charge in [0.2, 0.25) is 0 Å². The van der Waals surface area contributed by atoms with Gasteiger partial charge in [-0.25, -0.2) is 0 Å². The van der Waals surface area contributed by atoms with E-state index in [0.29, 0.717) is 51.6 Å². The van der Waals surface area contributed by atoms with Gasteiger partial charge in [0.05, 0.1) is 64.4 Å². The first-order valence-electron chi connectivity index (χ1n) is 40.7. The number of carboxylic acids is 5.